The fraction of sp³-hybridized carbons (Fsp3) is 0.188. The summed E-state index contributed by atoms with van der Waals surface area (Å²) in [7, 11) is 2.98. The molecular weight excluding hydrogens is 336 g/mol. The van der Waals surface area contributed by atoms with Crippen LogP contribution in [0.5, 0.6) is 11.5 Å². The van der Waals surface area contributed by atoms with Gasteiger partial charge in [0.1, 0.15) is 18.1 Å². The Kier molecular flexibility index (Phi) is 5.22. The quantitative estimate of drug-likeness (QED) is 0.769. The number of hydrogen-bond acceptors (Lipinski definition) is 4. The van der Waals surface area contributed by atoms with Crippen LogP contribution in [0, 0.1) is 0 Å². The van der Waals surface area contributed by atoms with Gasteiger partial charge in [0.25, 0.3) is 0 Å². The highest BCUT2D eigenvalue weighted by Gasteiger charge is 2.09. The number of hydrogen-bond donors (Lipinski definition) is 0. The summed E-state index contributed by atoms with van der Waals surface area (Å²) < 4.78 is 16.3. The van der Waals surface area contributed by atoms with Gasteiger partial charge in [0.05, 0.1) is 19.8 Å². The summed E-state index contributed by atoms with van der Waals surface area (Å²) in [6, 6.07) is 12.6. The SMILES string of the molecule is COC(=O)c1ccc(COc2ccc(OC)cc2)c(Br)c1. The molecule has 0 aliphatic carbocycles. The number of carbonyl (C=O) groups excluding carboxylic acids is 1. The highest BCUT2D eigenvalue weighted by Crippen LogP contribution is 2.22. The van der Waals surface area contributed by atoms with Gasteiger partial charge < -0.3 is 14.2 Å². The molecular formula is C16H15BrO4. The monoisotopic (exact) mass is 350 g/mol. The van der Waals surface area contributed by atoms with E-state index < -0.39 is 0 Å². The average Bonchev–Trinajstić information content (AvgIpc) is 2.53. The topological polar surface area (TPSA) is 44.8 Å². The van der Waals surface area contributed by atoms with Crippen LogP contribution < -0.4 is 9.47 Å². The Morgan fingerprint density at radius 1 is 1.05 bits per heavy atom. The summed E-state index contributed by atoms with van der Waals surface area (Å²) in [5, 5.41) is 0. The Morgan fingerprint density at radius 2 is 1.71 bits per heavy atom. The van der Waals surface area contributed by atoms with E-state index in [1.807, 2.05) is 30.3 Å². The third-order valence-corrected chi connectivity index (χ3v) is 3.67. The molecule has 0 heterocycles. The van der Waals surface area contributed by atoms with Crippen LogP contribution in [-0.2, 0) is 11.3 Å². The largest absolute Gasteiger partial charge is 0.497 e. The number of esters is 1. The van der Waals surface area contributed by atoms with Crippen LogP contribution in [0.25, 0.3) is 0 Å². The van der Waals surface area contributed by atoms with Crippen molar-refractivity contribution in [2.75, 3.05) is 14.2 Å². The highest BCUT2D eigenvalue weighted by atomic mass is 79.9. The van der Waals surface area contributed by atoms with Gasteiger partial charge in [-0.1, -0.05) is 22.0 Å². The van der Waals surface area contributed by atoms with Crippen LogP contribution in [0.2, 0.25) is 0 Å². The van der Waals surface area contributed by atoms with Crippen molar-refractivity contribution >= 4 is 21.9 Å². The molecule has 0 N–H and O–H groups in total. The molecule has 0 spiro atoms. The van der Waals surface area contributed by atoms with Gasteiger partial charge in [0.2, 0.25) is 0 Å². The number of ether oxygens (including phenoxy) is 3. The summed E-state index contributed by atoms with van der Waals surface area (Å²) >= 11 is 3.43. The lowest BCUT2D eigenvalue weighted by molar-refractivity contribution is 0.0600. The number of benzene rings is 2. The second-order valence-corrected chi connectivity index (χ2v) is 5.12. The lowest BCUT2D eigenvalue weighted by Gasteiger charge is -2.09. The molecule has 2 aromatic rings. The molecule has 2 rings (SSSR count). The zero-order valence-electron chi connectivity index (χ0n) is 11.8. The van der Waals surface area contributed by atoms with E-state index >= 15 is 0 Å². The smallest absolute Gasteiger partial charge is 0.337 e. The number of halogens is 1. The molecule has 0 radical (unpaired) electrons. The van der Waals surface area contributed by atoms with Crippen molar-refractivity contribution in [1.29, 1.82) is 0 Å². The van der Waals surface area contributed by atoms with Gasteiger partial charge in [-0.3, -0.25) is 0 Å². The maximum Gasteiger partial charge on any atom is 0.337 e. The third kappa shape index (κ3) is 3.98. The van der Waals surface area contributed by atoms with Crippen LogP contribution in [0.15, 0.2) is 46.9 Å². The minimum Gasteiger partial charge on any atom is -0.497 e. The van der Waals surface area contributed by atoms with Crippen molar-refractivity contribution in [2.24, 2.45) is 0 Å². The molecule has 0 amide bonds. The van der Waals surface area contributed by atoms with Crippen LogP contribution in [0.1, 0.15) is 15.9 Å². The van der Waals surface area contributed by atoms with Crippen molar-refractivity contribution in [3.8, 4) is 11.5 Å². The summed E-state index contributed by atoms with van der Waals surface area (Å²) in [6.07, 6.45) is 0. The van der Waals surface area contributed by atoms with Crippen molar-refractivity contribution < 1.29 is 19.0 Å². The zero-order valence-corrected chi connectivity index (χ0v) is 13.3. The van der Waals surface area contributed by atoms with E-state index in [9.17, 15) is 4.79 Å². The van der Waals surface area contributed by atoms with Crippen LogP contribution in [0.3, 0.4) is 0 Å². The van der Waals surface area contributed by atoms with E-state index in [4.69, 9.17) is 9.47 Å². The fourth-order valence-corrected chi connectivity index (χ4v) is 2.24. The van der Waals surface area contributed by atoms with Gasteiger partial charge >= 0.3 is 5.97 Å². The highest BCUT2D eigenvalue weighted by molar-refractivity contribution is 9.10. The second kappa shape index (κ2) is 7.13. The molecule has 0 saturated heterocycles. The van der Waals surface area contributed by atoms with Crippen molar-refractivity contribution in [2.45, 2.75) is 6.61 Å². The van der Waals surface area contributed by atoms with E-state index in [-0.39, 0.29) is 5.97 Å². The number of rotatable bonds is 5. The lowest BCUT2D eigenvalue weighted by atomic mass is 10.1. The first kappa shape index (κ1) is 15.4. The fourth-order valence-electron chi connectivity index (χ4n) is 1.74. The molecule has 0 bridgehead atoms. The van der Waals surface area contributed by atoms with Crippen molar-refractivity contribution in [3.05, 3.63) is 58.1 Å². The van der Waals surface area contributed by atoms with E-state index in [2.05, 4.69) is 20.7 Å². The predicted octanol–water partition coefficient (Wildman–Crippen LogP) is 3.82. The summed E-state index contributed by atoms with van der Waals surface area (Å²) in [5.74, 6) is 1.17. The minimum atomic E-state index is -0.363. The van der Waals surface area contributed by atoms with E-state index in [0.717, 1.165) is 21.5 Å². The van der Waals surface area contributed by atoms with Gasteiger partial charge in [0, 0.05) is 10.0 Å². The Labute approximate surface area is 131 Å². The number of methoxy groups -OCH3 is 2. The van der Waals surface area contributed by atoms with Gasteiger partial charge in [-0.15, -0.1) is 0 Å². The summed E-state index contributed by atoms with van der Waals surface area (Å²) in [5.41, 5.74) is 1.44. The first-order valence-corrected chi connectivity index (χ1v) is 7.07. The van der Waals surface area contributed by atoms with Gasteiger partial charge in [-0.05, 0) is 36.4 Å². The van der Waals surface area contributed by atoms with Crippen LogP contribution in [0.4, 0.5) is 0 Å². The molecule has 4 nitrogen and oxygen atoms in total. The third-order valence-electron chi connectivity index (χ3n) is 2.93. The first-order chi connectivity index (χ1) is 10.1. The average molecular weight is 351 g/mol. The summed E-state index contributed by atoms with van der Waals surface area (Å²) in [6.45, 7) is 0.397. The molecule has 110 valence electrons. The van der Waals surface area contributed by atoms with Crippen LogP contribution in [-0.4, -0.2) is 20.2 Å². The Hall–Kier alpha value is -2.01. The van der Waals surface area contributed by atoms with Crippen molar-refractivity contribution in [1.82, 2.24) is 0 Å². The molecule has 0 aliphatic rings. The molecule has 21 heavy (non-hydrogen) atoms. The molecule has 0 unspecified atom stereocenters. The zero-order chi connectivity index (χ0) is 15.2. The maximum atomic E-state index is 11.4. The Bertz CT molecular complexity index is 623. The molecule has 0 aromatic heterocycles. The molecule has 5 heteroatoms. The van der Waals surface area contributed by atoms with E-state index in [1.165, 1.54) is 7.11 Å². The van der Waals surface area contributed by atoms with Gasteiger partial charge in [0.15, 0.2) is 0 Å². The maximum absolute atomic E-state index is 11.4. The molecule has 0 atom stereocenters. The molecule has 0 aliphatic heterocycles. The van der Waals surface area contributed by atoms with E-state index in [1.54, 1.807) is 19.2 Å². The number of carbonyl (C=O) groups is 1. The van der Waals surface area contributed by atoms with E-state index in [0.29, 0.717) is 12.2 Å². The normalized spacial score (nSPS) is 10.0. The lowest BCUT2D eigenvalue weighted by Crippen LogP contribution is -2.03. The first-order valence-electron chi connectivity index (χ1n) is 6.27. The molecule has 2 aromatic carbocycles. The predicted molar refractivity (Wildman–Crippen MR) is 82.8 cm³/mol. The van der Waals surface area contributed by atoms with Gasteiger partial charge in [-0.25, -0.2) is 4.79 Å². The standard InChI is InChI=1S/C16H15BrO4/c1-19-13-5-7-14(8-6-13)21-10-12-4-3-11(9-15(12)17)16(18)20-2/h3-9H,10H2,1-2H3. The Morgan fingerprint density at radius 3 is 2.29 bits per heavy atom. The minimum absolute atomic E-state index is 0.363. The van der Waals surface area contributed by atoms with Crippen molar-refractivity contribution in [3.63, 3.8) is 0 Å². The van der Waals surface area contributed by atoms with Crippen LogP contribution >= 0.6 is 15.9 Å². The summed E-state index contributed by atoms with van der Waals surface area (Å²) in [4.78, 5) is 11.4. The Balaban J connectivity index is 2.04. The second-order valence-electron chi connectivity index (χ2n) is 4.26. The molecule has 0 saturated carbocycles. The van der Waals surface area contributed by atoms with Gasteiger partial charge in [-0.2, -0.15) is 0 Å². The molecule has 0 fully saturated rings.